The third kappa shape index (κ3) is 2.06. The summed E-state index contributed by atoms with van der Waals surface area (Å²) in [6, 6.07) is 6.95. The van der Waals surface area contributed by atoms with Gasteiger partial charge in [0.1, 0.15) is 0 Å². The van der Waals surface area contributed by atoms with Crippen molar-refractivity contribution in [2.45, 2.75) is 31.5 Å². The molecule has 0 radical (unpaired) electrons. The summed E-state index contributed by atoms with van der Waals surface area (Å²) in [6.45, 7) is 3.61. The van der Waals surface area contributed by atoms with E-state index in [4.69, 9.17) is 16.3 Å². The topological polar surface area (TPSA) is 62.7 Å². The standard InChI is InChI=1S/C19H18ClN3O3/c1-11-8-14(13-9-12(20)2-3-15(13)21-11)18(25)22-5-4-19-16(22)10-17(24)23(19)6-7-26-19/h2-3,8-9,16H,4-7,10H2,1H3/t16-,19+/m1/s1. The SMILES string of the molecule is Cc1cc(C(=O)N2CC[C@@]34OCCN3C(=O)C[C@@H]24)c2cc(Cl)ccc2n1. The molecule has 1 spiro atoms. The molecule has 0 aliphatic carbocycles. The Hall–Kier alpha value is -2.18. The van der Waals surface area contributed by atoms with Crippen molar-refractivity contribution in [1.29, 1.82) is 0 Å². The monoisotopic (exact) mass is 371 g/mol. The van der Waals surface area contributed by atoms with Gasteiger partial charge in [-0.1, -0.05) is 11.6 Å². The molecule has 5 rings (SSSR count). The zero-order chi connectivity index (χ0) is 18.1. The number of amides is 2. The van der Waals surface area contributed by atoms with E-state index in [1.54, 1.807) is 23.1 Å². The Morgan fingerprint density at radius 3 is 3.04 bits per heavy atom. The fraction of sp³-hybridized carbons (Fsp3) is 0.421. The van der Waals surface area contributed by atoms with Crippen LogP contribution in [0.15, 0.2) is 24.3 Å². The van der Waals surface area contributed by atoms with Crippen LogP contribution in [0.1, 0.15) is 28.9 Å². The summed E-state index contributed by atoms with van der Waals surface area (Å²) in [5, 5.41) is 1.30. The van der Waals surface area contributed by atoms with Crippen LogP contribution >= 0.6 is 11.6 Å². The Morgan fingerprint density at radius 2 is 2.19 bits per heavy atom. The number of carbonyl (C=O) groups is 2. The molecule has 2 atom stereocenters. The number of likely N-dealkylation sites (tertiary alicyclic amines) is 1. The quantitative estimate of drug-likeness (QED) is 0.772. The molecule has 0 unspecified atom stereocenters. The smallest absolute Gasteiger partial charge is 0.255 e. The number of ether oxygens (including phenoxy) is 1. The van der Waals surface area contributed by atoms with Crippen LogP contribution in [0.3, 0.4) is 0 Å². The largest absolute Gasteiger partial charge is 0.351 e. The molecule has 3 fully saturated rings. The first-order chi connectivity index (χ1) is 12.5. The summed E-state index contributed by atoms with van der Waals surface area (Å²) in [4.78, 5) is 33.9. The number of nitrogens with zero attached hydrogens (tertiary/aromatic N) is 3. The number of benzene rings is 1. The number of halogens is 1. The van der Waals surface area contributed by atoms with Gasteiger partial charge in [0.15, 0.2) is 5.72 Å². The highest BCUT2D eigenvalue weighted by atomic mass is 35.5. The maximum absolute atomic E-state index is 13.4. The molecule has 134 valence electrons. The van der Waals surface area contributed by atoms with Gasteiger partial charge in [-0.2, -0.15) is 0 Å². The van der Waals surface area contributed by atoms with Gasteiger partial charge in [0.25, 0.3) is 5.91 Å². The number of hydrogen-bond acceptors (Lipinski definition) is 4. The molecule has 0 N–H and O–H groups in total. The molecule has 1 aromatic carbocycles. The molecule has 3 aliphatic heterocycles. The predicted molar refractivity (Wildman–Crippen MR) is 95.9 cm³/mol. The summed E-state index contributed by atoms with van der Waals surface area (Å²) in [7, 11) is 0. The normalized spacial score (nSPS) is 27.3. The summed E-state index contributed by atoms with van der Waals surface area (Å²) >= 11 is 6.15. The van der Waals surface area contributed by atoms with Crippen molar-refractivity contribution in [2.75, 3.05) is 19.7 Å². The summed E-state index contributed by atoms with van der Waals surface area (Å²) in [6.07, 6.45) is 0.992. The lowest BCUT2D eigenvalue weighted by molar-refractivity contribution is -0.136. The predicted octanol–water partition coefficient (Wildman–Crippen LogP) is 2.37. The molecule has 2 amide bonds. The van der Waals surface area contributed by atoms with E-state index in [9.17, 15) is 9.59 Å². The number of carbonyl (C=O) groups excluding carboxylic acids is 2. The molecule has 2 aromatic rings. The second-order valence-corrected chi connectivity index (χ2v) is 7.62. The van der Waals surface area contributed by atoms with Crippen LogP contribution in [-0.2, 0) is 9.53 Å². The van der Waals surface area contributed by atoms with E-state index in [2.05, 4.69) is 4.98 Å². The fourth-order valence-electron chi connectivity index (χ4n) is 4.70. The van der Waals surface area contributed by atoms with E-state index in [1.165, 1.54) is 0 Å². The summed E-state index contributed by atoms with van der Waals surface area (Å²) in [5.74, 6) is -0.0152. The highest BCUT2D eigenvalue weighted by Crippen LogP contribution is 2.46. The Balaban J connectivity index is 1.58. The van der Waals surface area contributed by atoms with Crippen molar-refractivity contribution >= 4 is 34.3 Å². The zero-order valence-electron chi connectivity index (χ0n) is 14.4. The molecule has 3 saturated heterocycles. The number of aromatic nitrogens is 1. The van der Waals surface area contributed by atoms with Gasteiger partial charge in [-0.15, -0.1) is 0 Å². The number of pyridine rings is 1. The Labute approximate surface area is 155 Å². The molecule has 6 nitrogen and oxygen atoms in total. The third-order valence-electron chi connectivity index (χ3n) is 5.79. The van der Waals surface area contributed by atoms with Crippen molar-refractivity contribution in [1.82, 2.24) is 14.8 Å². The molecular formula is C19H18ClN3O3. The third-order valence-corrected chi connectivity index (χ3v) is 6.03. The molecule has 0 saturated carbocycles. The molecule has 1 aromatic heterocycles. The molecule has 3 aliphatic rings. The van der Waals surface area contributed by atoms with Crippen LogP contribution in [0.5, 0.6) is 0 Å². The van der Waals surface area contributed by atoms with Crippen LogP contribution in [0.2, 0.25) is 5.02 Å². The van der Waals surface area contributed by atoms with Gasteiger partial charge in [-0.3, -0.25) is 14.6 Å². The van der Waals surface area contributed by atoms with Gasteiger partial charge in [-0.25, -0.2) is 0 Å². The van der Waals surface area contributed by atoms with Gasteiger partial charge >= 0.3 is 0 Å². The first-order valence-corrected chi connectivity index (χ1v) is 9.20. The summed E-state index contributed by atoms with van der Waals surface area (Å²) < 4.78 is 5.98. The highest BCUT2D eigenvalue weighted by molar-refractivity contribution is 6.31. The van der Waals surface area contributed by atoms with Gasteiger partial charge < -0.3 is 14.5 Å². The lowest BCUT2D eigenvalue weighted by atomic mass is 10.0. The average molecular weight is 372 g/mol. The van der Waals surface area contributed by atoms with E-state index in [1.807, 2.05) is 17.9 Å². The lowest BCUT2D eigenvalue weighted by Gasteiger charge is -2.31. The minimum atomic E-state index is -0.623. The second-order valence-electron chi connectivity index (χ2n) is 7.18. The lowest BCUT2D eigenvalue weighted by Crippen LogP contribution is -2.48. The molecular weight excluding hydrogens is 354 g/mol. The molecule has 0 bridgehead atoms. The fourth-order valence-corrected chi connectivity index (χ4v) is 4.87. The molecule has 26 heavy (non-hydrogen) atoms. The van der Waals surface area contributed by atoms with Crippen LogP contribution < -0.4 is 0 Å². The minimum Gasteiger partial charge on any atom is -0.351 e. The van der Waals surface area contributed by atoms with Gasteiger partial charge in [0.2, 0.25) is 5.91 Å². The Morgan fingerprint density at radius 1 is 1.35 bits per heavy atom. The van der Waals surface area contributed by atoms with Crippen molar-refractivity contribution in [3.63, 3.8) is 0 Å². The number of aryl methyl sites for hydroxylation is 1. The maximum Gasteiger partial charge on any atom is 0.255 e. The number of rotatable bonds is 1. The number of hydrogen-bond donors (Lipinski definition) is 0. The van der Waals surface area contributed by atoms with Crippen molar-refractivity contribution < 1.29 is 14.3 Å². The van der Waals surface area contributed by atoms with Crippen molar-refractivity contribution in [3.05, 3.63) is 40.5 Å². The van der Waals surface area contributed by atoms with Crippen LogP contribution in [0.25, 0.3) is 10.9 Å². The van der Waals surface area contributed by atoms with Crippen LogP contribution in [0, 0.1) is 6.92 Å². The van der Waals surface area contributed by atoms with E-state index < -0.39 is 5.72 Å². The first kappa shape index (κ1) is 16.0. The van der Waals surface area contributed by atoms with Crippen molar-refractivity contribution in [2.24, 2.45) is 0 Å². The first-order valence-electron chi connectivity index (χ1n) is 8.82. The van der Waals surface area contributed by atoms with Gasteiger partial charge in [-0.05, 0) is 31.2 Å². The molecule has 4 heterocycles. The average Bonchev–Trinajstić information content (AvgIpc) is 3.25. The van der Waals surface area contributed by atoms with E-state index in [-0.39, 0.29) is 17.9 Å². The second kappa shape index (κ2) is 5.41. The van der Waals surface area contributed by atoms with E-state index >= 15 is 0 Å². The maximum atomic E-state index is 13.4. The minimum absolute atomic E-state index is 0.0730. The Bertz CT molecular complexity index is 962. The van der Waals surface area contributed by atoms with Crippen LogP contribution in [-0.4, -0.2) is 58.1 Å². The van der Waals surface area contributed by atoms with Gasteiger partial charge in [0.05, 0.1) is 30.1 Å². The summed E-state index contributed by atoms with van der Waals surface area (Å²) in [5.41, 5.74) is 1.48. The van der Waals surface area contributed by atoms with Gasteiger partial charge in [0, 0.05) is 35.6 Å². The highest BCUT2D eigenvalue weighted by Gasteiger charge is 2.62. The Kier molecular flexibility index (Phi) is 3.33. The van der Waals surface area contributed by atoms with E-state index in [0.717, 1.165) is 16.6 Å². The van der Waals surface area contributed by atoms with Crippen molar-refractivity contribution in [3.8, 4) is 0 Å². The van der Waals surface area contributed by atoms with Crippen LogP contribution in [0.4, 0.5) is 0 Å². The zero-order valence-corrected chi connectivity index (χ0v) is 15.1. The molecule has 7 heteroatoms. The number of fused-ring (bicyclic) bond motifs is 1. The van der Waals surface area contributed by atoms with E-state index in [0.29, 0.717) is 43.1 Å².